The molecule has 7 atom stereocenters. The van der Waals surface area contributed by atoms with Gasteiger partial charge in [-0.05, 0) is 49.4 Å². The SMILES string of the molecule is CCC(C)CCCCCCCCCCCCCCCCC(=O)O[C@H](COC(=O)CCCCCCCCCC(C)C)COP(=O)(O)OCC(O)COP(=O)(O)OC[C@@H](COC(=O)CCCCCCCCC(C)CC)OC(=O)CCCCCCCCCCCCCC(C)C. The molecule has 0 heterocycles. The number of hydrogen-bond acceptors (Lipinski definition) is 15. The van der Waals surface area contributed by atoms with Crippen LogP contribution in [0.15, 0.2) is 0 Å². The monoisotopic (exact) mass is 1350 g/mol. The van der Waals surface area contributed by atoms with E-state index in [-0.39, 0.29) is 25.7 Å². The quantitative estimate of drug-likeness (QED) is 0.0222. The Morgan fingerprint density at radius 1 is 0.304 bits per heavy atom. The lowest BCUT2D eigenvalue weighted by Crippen LogP contribution is -2.30. The highest BCUT2D eigenvalue weighted by Crippen LogP contribution is 2.45. The molecule has 5 unspecified atom stereocenters. The van der Waals surface area contributed by atoms with Crippen LogP contribution >= 0.6 is 15.6 Å². The maximum atomic E-state index is 13.0. The van der Waals surface area contributed by atoms with Gasteiger partial charge in [0.25, 0.3) is 0 Å². The van der Waals surface area contributed by atoms with Crippen molar-refractivity contribution < 1.29 is 80.2 Å². The van der Waals surface area contributed by atoms with Gasteiger partial charge in [-0.3, -0.25) is 37.3 Å². The van der Waals surface area contributed by atoms with E-state index in [0.29, 0.717) is 31.6 Å². The first kappa shape index (κ1) is 90.1. The van der Waals surface area contributed by atoms with Gasteiger partial charge < -0.3 is 33.8 Å². The first-order valence-electron chi connectivity index (χ1n) is 37.8. The smallest absolute Gasteiger partial charge is 0.462 e. The molecule has 0 aromatic heterocycles. The van der Waals surface area contributed by atoms with Crippen LogP contribution in [-0.2, 0) is 65.4 Å². The number of esters is 4. The van der Waals surface area contributed by atoms with Gasteiger partial charge in [-0.25, -0.2) is 9.13 Å². The number of aliphatic hydroxyl groups excluding tert-OH is 1. The molecular weight excluding hydrogens is 1210 g/mol. The molecule has 0 saturated carbocycles. The molecular formula is C73H142O17P2. The molecule has 0 aromatic rings. The Hall–Kier alpha value is -1.94. The summed E-state index contributed by atoms with van der Waals surface area (Å²) in [4.78, 5) is 72.6. The van der Waals surface area contributed by atoms with Gasteiger partial charge in [-0.15, -0.1) is 0 Å². The van der Waals surface area contributed by atoms with E-state index in [9.17, 15) is 43.2 Å². The van der Waals surface area contributed by atoms with Crippen LogP contribution in [0.25, 0.3) is 0 Å². The minimum absolute atomic E-state index is 0.105. The van der Waals surface area contributed by atoms with E-state index in [4.69, 9.17) is 37.0 Å². The number of rotatable bonds is 70. The first-order valence-corrected chi connectivity index (χ1v) is 40.8. The molecule has 0 aliphatic carbocycles. The third-order valence-corrected chi connectivity index (χ3v) is 19.4. The molecule has 0 aliphatic rings. The third kappa shape index (κ3) is 64.1. The fraction of sp³-hybridized carbons (Fsp3) is 0.945. The van der Waals surface area contributed by atoms with Gasteiger partial charge in [0, 0.05) is 25.7 Å². The van der Waals surface area contributed by atoms with Crippen LogP contribution in [0.1, 0.15) is 364 Å². The topological polar surface area (TPSA) is 237 Å². The Morgan fingerprint density at radius 3 is 0.772 bits per heavy atom. The average Bonchev–Trinajstić information content (AvgIpc) is 1.55. The van der Waals surface area contributed by atoms with E-state index in [2.05, 4.69) is 55.4 Å². The Kier molecular flexibility index (Phi) is 61.3. The van der Waals surface area contributed by atoms with Crippen molar-refractivity contribution in [3.63, 3.8) is 0 Å². The highest BCUT2D eigenvalue weighted by Gasteiger charge is 2.30. The van der Waals surface area contributed by atoms with Crippen LogP contribution in [0, 0.1) is 23.7 Å². The second-order valence-corrected chi connectivity index (χ2v) is 30.7. The lowest BCUT2D eigenvalue weighted by atomic mass is 9.99. The van der Waals surface area contributed by atoms with Gasteiger partial charge in [0.1, 0.15) is 19.3 Å². The van der Waals surface area contributed by atoms with E-state index < -0.39 is 97.5 Å². The Bertz CT molecular complexity index is 1820. The van der Waals surface area contributed by atoms with Crippen molar-refractivity contribution in [2.45, 2.75) is 382 Å². The molecule has 3 N–H and O–H groups in total. The Balaban J connectivity index is 5.23. The lowest BCUT2D eigenvalue weighted by Gasteiger charge is -2.21. The van der Waals surface area contributed by atoms with Gasteiger partial charge in [0.2, 0.25) is 0 Å². The van der Waals surface area contributed by atoms with E-state index in [1.807, 2.05) is 0 Å². The minimum Gasteiger partial charge on any atom is -0.462 e. The molecule has 0 saturated heterocycles. The zero-order valence-electron chi connectivity index (χ0n) is 60.2. The van der Waals surface area contributed by atoms with Crippen molar-refractivity contribution in [3.8, 4) is 0 Å². The number of unbranched alkanes of at least 4 members (excludes halogenated alkanes) is 34. The lowest BCUT2D eigenvalue weighted by molar-refractivity contribution is -0.161. The van der Waals surface area contributed by atoms with E-state index in [1.54, 1.807) is 0 Å². The maximum absolute atomic E-state index is 13.0. The Labute approximate surface area is 562 Å². The van der Waals surface area contributed by atoms with Crippen molar-refractivity contribution in [1.82, 2.24) is 0 Å². The van der Waals surface area contributed by atoms with E-state index in [1.165, 1.54) is 154 Å². The first-order chi connectivity index (χ1) is 44.2. The molecule has 0 aromatic carbocycles. The second kappa shape index (κ2) is 62.6. The minimum atomic E-state index is -4.95. The zero-order chi connectivity index (χ0) is 68.2. The van der Waals surface area contributed by atoms with Crippen molar-refractivity contribution in [2.75, 3.05) is 39.6 Å². The predicted molar refractivity (Wildman–Crippen MR) is 372 cm³/mol. The molecule has 546 valence electrons. The summed E-state index contributed by atoms with van der Waals surface area (Å²) in [5, 5.41) is 10.6. The highest BCUT2D eigenvalue weighted by molar-refractivity contribution is 7.47. The summed E-state index contributed by atoms with van der Waals surface area (Å²) in [6.07, 6.45) is 45.9. The molecule has 0 aliphatic heterocycles. The van der Waals surface area contributed by atoms with Gasteiger partial charge in [0.05, 0.1) is 26.4 Å². The molecule has 0 bridgehead atoms. The summed E-state index contributed by atoms with van der Waals surface area (Å²) in [5.41, 5.74) is 0. The van der Waals surface area contributed by atoms with Crippen LogP contribution in [-0.4, -0.2) is 96.7 Å². The molecule has 92 heavy (non-hydrogen) atoms. The summed E-state index contributed by atoms with van der Waals surface area (Å²) >= 11 is 0. The average molecular weight is 1350 g/mol. The van der Waals surface area contributed by atoms with Crippen molar-refractivity contribution >= 4 is 39.5 Å². The van der Waals surface area contributed by atoms with Crippen LogP contribution in [0.5, 0.6) is 0 Å². The number of hydrogen-bond donors (Lipinski definition) is 3. The van der Waals surface area contributed by atoms with Gasteiger partial charge in [-0.1, -0.05) is 312 Å². The van der Waals surface area contributed by atoms with Crippen LogP contribution in [0.2, 0.25) is 0 Å². The molecule has 0 radical (unpaired) electrons. The van der Waals surface area contributed by atoms with Crippen molar-refractivity contribution in [3.05, 3.63) is 0 Å². The van der Waals surface area contributed by atoms with Crippen molar-refractivity contribution in [2.24, 2.45) is 23.7 Å². The normalized spacial score (nSPS) is 14.8. The largest absolute Gasteiger partial charge is 0.472 e. The number of ether oxygens (including phenoxy) is 4. The predicted octanol–water partition coefficient (Wildman–Crippen LogP) is 20.9. The fourth-order valence-corrected chi connectivity index (χ4v) is 12.5. The molecule has 0 rings (SSSR count). The van der Waals surface area contributed by atoms with Crippen LogP contribution in [0.3, 0.4) is 0 Å². The summed E-state index contributed by atoms with van der Waals surface area (Å²) in [5.74, 6) is 0.920. The molecule has 0 fully saturated rings. The van der Waals surface area contributed by atoms with Gasteiger partial charge in [-0.2, -0.15) is 0 Å². The molecule has 0 amide bonds. The Morgan fingerprint density at radius 2 is 0.522 bits per heavy atom. The summed E-state index contributed by atoms with van der Waals surface area (Å²) in [6, 6.07) is 0. The number of phosphoric ester groups is 2. The molecule has 17 nitrogen and oxygen atoms in total. The molecule has 0 spiro atoms. The summed E-state index contributed by atoms with van der Waals surface area (Å²) < 4.78 is 68.4. The van der Waals surface area contributed by atoms with Gasteiger partial charge in [0.15, 0.2) is 12.2 Å². The number of phosphoric acid groups is 2. The molecule has 19 heteroatoms. The summed E-state index contributed by atoms with van der Waals surface area (Å²) in [6.45, 7) is 14.1. The van der Waals surface area contributed by atoms with E-state index in [0.717, 1.165) is 120 Å². The second-order valence-electron chi connectivity index (χ2n) is 27.8. The number of aliphatic hydroxyl groups is 1. The number of carbonyl (C=O) groups excluding carboxylic acids is 4. The highest BCUT2D eigenvalue weighted by atomic mass is 31.2. The zero-order valence-corrected chi connectivity index (χ0v) is 62.0. The third-order valence-electron chi connectivity index (χ3n) is 17.5. The summed E-state index contributed by atoms with van der Waals surface area (Å²) in [7, 11) is -9.91. The standard InChI is InChI=1S/C73H142O17P2/c1-9-65(7)51-43-35-27-21-17-13-11-12-14-18-22-28-39-47-55-72(77)89-68(59-83-70(75)53-45-37-30-24-26-34-42-50-64(5)6)61-87-91(79,80)85-57-67(74)58-86-92(81,82)88-62-69(60-84-71(76)54-46-38-32-31-36-44-52-66(8)10-2)90-73(78)56-48-40-29-23-19-15-16-20-25-33-41-49-63(3)4/h63-69,74H,9-62H2,1-8H3,(H,79,80)(H,81,82)/t65?,66?,67?,68-,69-/m1/s1. The fourth-order valence-electron chi connectivity index (χ4n) is 11.0. The van der Waals surface area contributed by atoms with Gasteiger partial charge >= 0.3 is 39.5 Å². The van der Waals surface area contributed by atoms with Crippen molar-refractivity contribution in [1.29, 1.82) is 0 Å². The van der Waals surface area contributed by atoms with E-state index >= 15 is 0 Å². The maximum Gasteiger partial charge on any atom is 0.472 e. The number of carbonyl (C=O) groups is 4. The van der Waals surface area contributed by atoms with Crippen LogP contribution < -0.4 is 0 Å². The van der Waals surface area contributed by atoms with Crippen LogP contribution in [0.4, 0.5) is 0 Å².